The summed E-state index contributed by atoms with van der Waals surface area (Å²) >= 11 is 0. The number of fused-ring (bicyclic) bond motifs is 7. The second-order valence-electron chi connectivity index (χ2n) is 15.0. The second-order valence-corrected chi connectivity index (χ2v) is 15.0. The van der Waals surface area contributed by atoms with E-state index < -0.39 is 23.5 Å². The van der Waals surface area contributed by atoms with Crippen molar-refractivity contribution in [1.82, 2.24) is 0 Å². The molecular formula is C32H50O5. The van der Waals surface area contributed by atoms with Gasteiger partial charge in [-0.3, -0.25) is 9.59 Å². The fourth-order valence-electron chi connectivity index (χ4n) is 12.0. The summed E-state index contributed by atoms with van der Waals surface area (Å²) in [5, 5.41) is 21.9. The average Bonchev–Trinajstić information content (AvgIpc) is 3.19. The molecule has 0 aromatic carbocycles. The summed E-state index contributed by atoms with van der Waals surface area (Å²) in [5.41, 5.74) is 0.332. The lowest BCUT2D eigenvalue weighted by Gasteiger charge is -2.72. The lowest BCUT2D eigenvalue weighted by Crippen LogP contribution is -2.68. The molecule has 0 radical (unpaired) electrons. The zero-order valence-corrected chi connectivity index (χ0v) is 24.1. The molecular weight excluding hydrogens is 464 g/mol. The van der Waals surface area contributed by atoms with E-state index >= 15 is 0 Å². The first-order valence-corrected chi connectivity index (χ1v) is 14.9. The Morgan fingerprint density at radius 1 is 0.892 bits per heavy atom. The summed E-state index contributed by atoms with van der Waals surface area (Å²) in [6.07, 6.45) is 9.59. The summed E-state index contributed by atoms with van der Waals surface area (Å²) in [7, 11) is 0. The molecule has 5 aliphatic carbocycles. The van der Waals surface area contributed by atoms with Crippen LogP contribution in [0.2, 0.25) is 0 Å². The first kappa shape index (κ1) is 27.2. The maximum Gasteiger partial charge on any atom is 0.313 e. The summed E-state index contributed by atoms with van der Waals surface area (Å²) in [6.45, 7) is 17.4. The van der Waals surface area contributed by atoms with Gasteiger partial charge in [-0.1, -0.05) is 32.9 Å². The molecule has 37 heavy (non-hydrogen) atoms. The van der Waals surface area contributed by atoms with E-state index in [0.717, 1.165) is 38.5 Å². The maximum absolute atomic E-state index is 12.8. The largest absolute Gasteiger partial charge is 0.481 e. The average molecular weight is 515 g/mol. The Bertz CT molecular complexity index is 990. The molecule has 11 atom stereocenters. The molecule has 5 rings (SSSR count). The van der Waals surface area contributed by atoms with Crippen LogP contribution in [0, 0.1) is 56.7 Å². The molecule has 5 saturated carbocycles. The van der Waals surface area contributed by atoms with Gasteiger partial charge in [0, 0.05) is 18.9 Å². The number of aliphatic hydroxyl groups is 1. The number of carboxylic acids is 1. The van der Waals surface area contributed by atoms with E-state index in [0.29, 0.717) is 35.5 Å². The van der Waals surface area contributed by atoms with Gasteiger partial charge in [0.15, 0.2) is 0 Å². The van der Waals surface area contributed by atoms with Gasteiger partial charge in [0.05, 0.1) is 0 Å². The zero-order chi connectivity index (χ0) is 27.2. The Labute approximate surface area is 223 Å². The lowest BCUT2D eigenvalue weighted by molar-refractivity contribution is -0.256. The van der Waals surface area contributed by atoms with Crippen LogP contribution in [0.5, 0.6) is 0 Å². The molecule has 0 spiro atoms. The minimum Gasteiger partial charge on any atom is -0.481 e. The predicted molar refractivity (Wildman–Crippen MR) is 144 cm³/mol. The van der Waals surface area contributed by atoms with Gasteiger partial charge in [0.1, 0.15) is 11.5 Å². The molecule has 0 heterocycles. The highest BCUT2D eigenvalue weighted by atomic mass is 16.5. The molecule has 2 unspecified atom stereocenters. The van der Waals surface area contributed by atoms with Crippen molar-refractivity contribution >= 4 is 11.9 Å². The van der Waals surface area contributed by atoms with Crippen LogP contribution in [0.4, 0.5) is 0 Å². The number of hydrogen-bond donors (Lipinski definition) is 2. The van der Waals surface area contributed by atoms with Crippen LogP contribution >= 0.6 is 0 Å². The molecule has 2 N–H and O–H groups in total. The van der Waals surface area contributed by atoms with E-state index in [1.807, 2.05) is 6.92 Å². The third-order valence-corrected chi connectivity index (χ3v) is 13.7. The van der Waals surface area contributed by atoms with Crippen LogP contribution in [0.15, 0.2) is 12.2 Å². The standard InChI is InChI=1S/C32H50O5/c1-19(2)21-10-13-28(4)16-17-32(18-33)23-8-9-24-29(5,22(23)11-15-30(32,6)26(21)28)14-12-25(37-20(3)34)31(24,7)27(35)36/h21-26,33H,1,8-18H2,2-7H3,(H,35,36)/t21-,22?,23?,24+,25+,26-,28+,29+,30+,31+,32+/m0/s1. The van der Waals surface area contributed by atoms with Crippen LogP contribution in [0.3, 0.4) is 0 Å². The number of rotatable bonds is 4. The first-order valence-electron chi connectivity index (χ1n) is 14.9. The van der Waals surface area contributed by atoms with Gasteiger partial charge >= 0.3 is 11.9 Å². The minimum atomic E-state index is -1.08. The summed E-state index contributed by atoms with van der Waals surface area (Å²) in [5.74, 6) is 0.591. The molecule has 0 amide bonds. The van der Waals surface area contributed by atoms with Gasteiger partial charge in [-0.25, -0.2) is 0 Å². The molecule has 208 valence electrons. The Morgan fingerprint density at radius 3 is 2.19 bits per heavy atom. The van der Waals surface area contributed by atoms with Crippen molar-refractivity contribution in [1.29, 1.82) is 0 Å². The molecule has 0 bridgehead atoms. The maximum atomic E-state index is 12.8. The molecule has 0 aromatic rings. The van der Waals surface area contributed by atoms with Gasteiger partial charge in [-0.05, 0) is 124 Å². The molecule has 5 heteroatoms. The van der Waals surface area contributed by atoms with Crippen LogP contribution in [-0.4, -0.2) is 34.9 Å². The lowest BCUT2D eigenvalue weighted by atomic mass is 9.32. The van der Waals surface area contributed by atoms with Crippen LogP contribution in [0.25, 0.3) is 0 Å². The molecule has 5 fully saturated rings. The minimum absolute atomic E-state index is 0.0412. The van der Waals surface area contributed by atoms with Crippen LogP contribution < -0.4 is 0 Å². The predicted octanol–water partition coefficient (Wildman–Crippen LogP) is 6.63. The third-order valence-electron chi connectivity index (χ3n) is 13.7. The van der Waals surface area contributed by atoms with Crippen molar-refractivity contribution in [2.24, 2.45) is 56.7 Å². The number of hydrogen-bond acceptors (Lipinski definition) is 4. The van der Waals surface area contributed by atoms with Crippen molar-refractivity contribution < 1.29 is 24.5 Å². The van der Waals surface area contributed by atoms with E-state index in [1.54, 1.807) is 0 Å². The summed E-state index contributed by atoms with van der Waals surface area (Å²) in [4.78, 5) is 24.8. The second kappa shape index (κ2) is 8.57. The van der Waals surface area contributed by atoms with Gasteiger partial charge in [-0.15, -0.1) is 0 Å². The van der Waals surface area contributed by atoms with E-state index in [4.69, 9.17) is 4.74 Å². The third kappa shape index (κ3) is 3.37. The highest BCUT2D eigenvalue weighted by Gasteiger charge is 2.72. The van der Waals surface area contributed by atoms with E-state index in [1.165, 1.54) is 31.8 Å². The van der Waals surface area contributed by atoms with Gasteiger partial charge in [0.2, 0.25) is 0 Å². The van der Waals surface area contributed by atoms with Crippen molar-refractivity contribution in [3.8, 4) is 0 Å². The summed E-state index contributed by atoms with van der Waals surface area (Å²) in [6, 6.07) is 0. The monoisotopic (exact) mass is 514 g/mol. The first-order chi connectivity index (χ1) is 17.2. The van der Waals surface area contributed by atoms with Crippen molar-refractivity contribution in [2.45, 2.75) is 112 Å². The number of ether oxygens (including phenoxy) is 1. The Morgan fingerprint density at radius 2 is 1.59 bits per heavy atom. The number of carbonyl (C=O) groups excluding carboxylic acids is 1. The zero-order valence-electron chi connectivity index (χ0n) is 24.1. The van der Waals surface area contributed by atoms with Gasteiger partial charge < -0.3 is 14.9 Å². The Kier molecular flexibility index (Phi) is 6.30. The number of aliphatic carboxylic acids is 1. The normalized spacial score (nSPS) is 52.7. The topological polar surface area (TPSA) is 83.8 Å². The van der Waals surface area contributed by atoms with Gasteiger partial charge in [-0.2, -0.15) is 0 Å². The number of carboxylic acid groups (broad SMARTS) is 1. The molecule has 5 nitrogen and oxygen atoms in total. The SMILES string of the molecule is C=C(C)[C@@H]1CC[C@]2(C)CC[C@@]3(CO)C4CC[C@H]5[C@@](C)(C(=O)O)[C@H](OC(C)=O)CC[C@]5(C)C4CC[C@]3(C)[C@@H]12. The molecule has 5 aliphatic rings. The number of carbonyl (C=O) groups is 2. The molecule has 0 aliphatic heterocycles. The van der Waals surface area contributed by atoms with E-state index in [-0.39, 0.29) is 28.8 Å². The molecule has 0 saturated heterocycles. The Balaban J connectivity index is 1.55. The van der Waals surface area contributed by atoms with E-state index in [9.17, 15) is 19.8 Å². The highest BCUT2D eigenvalue weighted by molar-refractivity contribution is 5.77. The fourth-order valence-corrected chi connectivity index (χ4v) is 12.0. The van der Waals surface area contributed by atoms with Crippen molar-refractivity contribution in [2.75, 3.05) is 6.61 Å². The van der Waals surface area contributed by atoms with Crippen LogP contribution in [-0.2, 0) is 14.3 Å². The van der Waals surface area contributed by atoms with Crippen molar-refractivity contribution in [3.05, 3.63) is 12.2 Å². The van der Waals surface area contributed by atoms with E-state index in [2.05, 4.69) is 34.3 Å². The summed E-state index contributed by atoms with van der Waals surface area (Å²) < 4.78 is 5.67. The van der Waals surface area contributed by atoms with Crippen molar-refractivity contribution in [3.63, 3.8) is 0 Å². The molecule has 0 aromatic heterocycles. The number of esters is 1. The Hall–Kier alpha value is -1.36. The fraction of sp³-hybridized carbons (Fsp3) is 0.875. The highest BCUT2D eigenvalue weighted by Crippen LogP contribution is 2.77. The quantitative estimate of drug-likeness (QED) is 0.325. The number of allylic oxidation sites excluding steroid dienone is 1. The van der Waals surface area contributed by atoms with Gasteiger partial charge in [0.25, 0.3) is 0 Å². The van der Waals surface area contributed by atoms with Crippen LogP contribution in [0.1, 0.15) is 106 Å². The number of aliphatic hydroxyl groups excluding tert-OH is 1. The smallest absolute Gasteiger partial charge is 0.313 e.